The lowest BCUT2D eigenvalue weighted by Crippen LogP contribution is -2.11. The summed E-state index contributed by atoms with van der Waals surface area (Å²) in [6, 6.07) is 109. The number of nitrogens with zero attached hydrogens (tertiary/aromatic N) is 3. The lowest BCUT2D eigenvalue weighted by molar-refractivity contribution is 1.18. The second-order valence-electron chi connectivity index (χ2n) is 20.0. The Bertz CT molecular complexity index is 4690. The molecule has 77 heavy (non-hydrogen) atoms. The molecule has 3 heteroatoms. The zero-order valence-electron chi connectivity index (χ0n) is 42.1. The minimum atomic E-state index is 1.08. The van der Waals surface area contributed by atoms with Crippen molar-refractivity contribution in [3.05, 3.63) is 297 Å². The smallest absolute Gasteiger partial charge is 0.0619 e. The van der Waals surface area contributed by atoms with Crippen molar-refractivity contribution in [2.24, 2.45) is 0 Å². The number of benzene rings is 13. The van der Waals surface area contributed by atoms with Crippen LogP contribution in [0.3, 0.4) is 0 Å². The third kappa shape index (κ3) is 7.43. The van der Waals surface area contributed by atoms with Crippen LogP contribution >= 0.6 is 0 Å². The number of rotatable bonds is 9. The van der Waals surface area contributed by atoms with E-state index in [9.17, 15) is 0 Å². The van der Waals surface area contributed by atoms with Crippen LogP contribution in [0.1, 0.15) is 0 Å². The predicted octanol–water partition coefficient (Wildman–Crippen LogP) is 20.3. The number of hydrogen-bond donors (Lipinski definition) is 0. The summed E-state index contributed by atoms with van der Waals surface area (Å²) in [7, 11) is 0. The molecule has 0 N–H and O–H groups in total. The average molecular weight is 980 g/mol. The topological polar surface area (TPSA) is 13.1 Å². The van der Waals surface area contributed by atoms with Gasteiger partial charge in [0.15, 0.2) is 0 Å². The van der Waals surface area contributed by atoms with Crippen LogP contribution in [-0.2, 0) is 0 Å². The van der Waals surface area contributed by atoms with Crippen molar-refractivity contribution >= 4 is 82.2 Å². The van der Waals surface area contributed by atoms with E-state index in [0.717, 1.165) is 39.4 Å². The zero-order valence-corrected chi connectivity index (χ0v) is 42.1. The quantitative estimate of drug-likeness (QED) is 0.131. The molecule has 0 aliphatic carbocycles. The fourth-order valence-electron chi connectivity index (χ4n) is 12.2. The Morgan fingerprint density at radius 3 is 1.17 bits per heavy atom. The highest BCUT2D eigenvalue weighted by molar-refractivity contribution is 6.24. The van der Waals surface area contributed by atoms with Gasteiger partial charge in [-0.1, -0.05) is 206 Å². The largest absolute Gasteiger partial charge is 0.309 e. The summed E-state index contributed by atoms with van der Waals surface area (Å²) in [6.07, 6.45) is 0. The Hall–Kier alpha value is -10.2. The van der Waals surface area contributed by atoms with E-state index in [2.05, 4.69) is 311 Å². The molecular weight excluding hydrogens is 931 g/mol. The SMILES string of the molecule is c1ccc(-c2ccc3c(N(c4ccccc4)c4ccc5c(c4)c4ccccc4n5-c4ccccc4)c4cc(-c5ccccc5)ccc4c(-c4ccc(-c5ccc6c(c5)c5ccccc5n6-c5ccccc5)cc4)c3c2)cc1. The van der Waals surface area contributed by atoms with Gasteiger partial charge in [-0.05, 0) is 146 Å². The van der Waals surface area contributed by atoms with Gasteiger partial charge in [0, 0.05) is 55.1 Å². The van der Waals surface area contributed by atoms with Gasteiger partial charge in [0.2, 0.25) is 0 Å². The number of hydrogen-bond acceptors (Lipinski definition) is 1. The van der Waals surface area contributed by atoms with Crippen LogP contribution in [0.5, 0.6) is 0 Å². The van der Waals surface area contributed by atoms with E-state index in [0.29, 0.717) is 0 Å². The molecule has 0 saturated carbocycles. The molecule has 0 atom stereocenters. The summed E-state index contributed by atoms with van der Waals surface area (Å²) in [5.41, 5.74) is 19.8. The van der Waals surface area contributed by atoms with Crippen molar-refractivity contribution in [2.45, 2.75) is 0 Å². The molecule has 0 unspecified atom stereocenters. The van der Waals surface area contributed by atoms with Crippen LogP contribution in [-0.4, -0.2) is 9.13 Å². The van der Waals surface area contributed by atoms with Gasteiger partial charge >= 0.3 is 0 Å². The van der Waals surface area contributed by atoms with Crippen LogP contribution in [0.4, 0.5) is 17.1 Å². The van der Waals surface area contributed by atoms with E-state index in [1.165, 1.54) is 98.7 Å². The summed E-state index contributed by atoms with van der Waals surface area (Å²) in [5.74, 6) is 0. The highest BCUT2D eigenvalue weighted by Gasteiger charge is 2.25. The van der Waals surface area contributed by atoms with Crippen LogP contribution in [0.25, 0.3) is 121 Å². The Balaban J connectivity index is 0.977. The Labute approximate surface area is 447 Å². The van der Waals surface area contributed by atoms with E-state index < -0.39 is 0 Å². The minimum absolute atomic E-state index is 1.08. The summed E-state index contributed by atoms with van der Waals surface area (Å²) in [6.45, 7) is 0. The lowest BCUT2D eigenvalue weighted by atomic mass is 9.86. The van der Waals surface area contributed by atoms with Crippen molar-refractivity contribution in [2.75, 3.05) is 4.90 Å². The van der Waals surface area contributed by atoms with Gasteiger partial charge in [-0.3, -0.25) is 0 Å². The van der Waals surface area contributed by atoms with Crippen LogP contribution in [0.15, 0.2) is 297 Å². The third-order valence-corrected chi connectivity index (χ3v) is 15.7. The summed E-state index contributed by atoms with van der Waals surface area (Å²) in [5, 5.41) is 9.60. The van der Waals surface area contributed by atoms with Crippen molar-refractivity contribution < 1.29 is 0 Å². The Morgan fingerprint density at radius 1 is 0.208 bits per heavy atom. The van der Waals surface area contributed by atoms with Crippen molar-refractivity contribution in [1.29, 1.82) is 0 Å². The molecule has 0 aliphatic rings. The highest BCUT2D eigenvalue weighted by Crippen LogP contribution is 2.51. The van der Waals surface area contributed by atoms with E-state index in [1.54, 1.807) is 0 Å². The fourth-order valence-corrected chi connectivity index (χ4v) is 12.2. The monoisotopic (exact) mass is 979 g/mol. The van der Waals surface area contributed by atoms with Crippen LogP contribution in [0.2, 0.25) is 0 Å². The fraction of sp³-hybridized carbons (Fsp3) is 0. The van der Waals surface area contributed by atoms with E-state index in [1.807, 2.05) is 0 Å². The van der Waals surface area contributed by atoms with Gasteiger partial charge in [-0.2, -0.15) is 0 Å². The molecule has 0 amide bonds. The van der Waals surface area contributed by atoms with Crippen molar-refractivity contribution in [3.63, 3.8) is 0 Å². The molecule has 0 fully saturated rings. The van der Waals surface area contributed by atoms with E-state index in [-0.39, 0.29) is 0 Å². The molecule has 15 aromatic rings. The van der Waals surface area contributed by atoms with Gasteiger partial charge in [0.25, 0.3) is 0 Å². The maximum atomic E-state index is 2.51. The molecule has 3 nitrogen and oxygen atoms in total. The van der Waals surface area contributed by atoms with Crippen molar-refractivity contribution in [3.8, 4) is 55.9 Å². The second kappa shape index (κ2) is 18.3. The molecule has 2 heterocycles. The number of para-hydroxylation sites is 5. The lowest BCUT2D eigenvalue weighted by Gasteiger charge is -2.30. The number of fused-ring (bicyclic) bond motifs is 8. The van der Waals surface area contributed by atoms with Gasteiger partial charge < -0.3 is 14.0 Å². The van der Waals surface area contributed by atoms with Gasteiger partial charge in [-0.25, -0.2) is 0 Å². The summed E-state index contributed by atoms with van der Waals surface area (Å²) >= 11 is 0. The normalized spacial score (nSPS) is 11.6. The van der Waals surface area contributed by atoms with E-state index in [4.69, 9.17) is 0 Å². The second-order valence-corrected chi connectivity index (χ2v) is 20.0. The predicted molar refractivity (Wildman–Crippen MR) is 327 cm³/mol. The highest BCUT2D eigenvalue weighted by atomic mass is 15.1. The number of aromatic nitrogens is 2. The van der Waals surface area contributed by atoms with E-state index >= 15 is 0 Å². The molecular formula is C74H49N3. The third-order valence-electron chi connectivity index (χ3n) is 15.7. The Morgan fingerprint density at radius 2 is 0.597 bits per heavy atom. The first-order valence-corrected chi connectivity index (χ1v) is 26.5. The maximum Gasteiger partial charge on any atom is 0.0619 e. The van der Waals surface area contributed by atoms with Crippen LogP contribution in [0, 0.1) is 0 Å². The first-order chi connectivity index (χ1) is 38.2. The average Bonchev–Trinajstić information content (AvgIpc) is 4.11. The molecule has 15 rings (SSSR count). The van der Waals surface area contributed by atoms with Crippen LogP contribution < -0.4 is 4.90 Å². The van der Waals surface area contributed by atoms with Crippen molar-refractivity contribution in [1.82, 2.24) is 9.13 Å². The van der Waals surface area contributed by atoms with Gasteiger partial charge in [-0.15, -0.1) is 0 Å². The zero-order chi connectivity index (χ0) is 50.8. The standard InChI is InChI=1S/C74H49N3/c1-6-20-50(21-7-1)54-39-43-64-67(47-54)73(53-36-34-52(35-37-53)56-40-44-71-65(46-56)61-30-16-18-32-69(61)76(71)58-26-12-4-13-27-58)63-42-38-55(51-22-8-2-9-23-51)48-68(63)74(64)75(57-24-10-3-11-25-57)60-41-45-72-66(49-60)62-31-17-19-33-70(62)77(72)59-28-14-5-15-29-59/h1-49H. The molecule has 2 aromatic heterocycles. The molecule has 0 bridgehead atoms. The minimum Gasteiger partial charge on any atom is -0.309 e. The summed E-state index contributed by atoms with van der Waals surface area (Å²) in [4.78, 5) is 2.51. The summed E-state index contributed by atoms with van der Waals surface area (Å²) < 4.78 is 4.78. The molecule has 0 radical (unpaired) electrons. The first kappa shape index (κ1) is 44.3. The number of anilines is 3. The molecule has 0 spiro atoms. The maximum absolute atomic E-state index is 2.51. The van der Waals surface area contributed by atoms with Gasteiger partial charge in [0.1, 0.15) is 0 Å². The first-order valence-electron chi connectivity index (χ1n) is 26.5. The molecule has 360 valence electrons. The molecule has 13 aromatic carbocycles. The molecule has 0 saturated heterocycles. The molecule has 0 aliphatic heterocycles. The Kier molecular flexibility index (Phi) is 10.5. The van der Waals surface area contributed by atoms with Gasteiger partial charge in [0.05, 0.1) is 27.8 Å².